The fourth-order valence-corrected chi connectivity index (χ4v) is 11.2. The van der Waals surface area contributed by atoms with Gasteiger partial charge in [-0.05, 0) is 101 Å². The minimum absolute atomic E-state index is 0.288. The topological polar surface area (TPSA) is 9.23 Å². The number of aryl methyl sites for hydroxylation is 1. The Morgan fingerprint density at radius 2 is 1.16 bits per heavy atom. The van der Waals surface area contributed by atoms with E-state index >= 15 is 0 Å². The standard InChI is InChI=1S/C35H53OP/c1-23(2)27-21-30(24(3)4)34(31(22-27)25(5)6)33-26(7)19-20-32(36-8)35(33)37(28-15-11-9-12-16-28)29-17-13-10-14-18-29/h19-25,28-29H,9-18H2,1-8H3. The highest BCUT2D eigenvalue weighted by Gasteiger charge is 2.37. The number of benzene rings is 2. The molecule has 0 spiro atoms. The van der Waals surface area contributed by atoms with Crippen molar-refractivity contribution in [3.8, 4) is 16.9 Å². The van der Waals surface area contributed by atoms with Crippen molar-refractivity contribution in [2.24, 2.45) is 0 Å². The third-order valence-corrected chi connectivity index (χ3v) is 12.7. The predicted octanol–water partition coefficient (Wildman–Crippen LogP) is 10.8. The van der Waals surface area contributed by atoms with E-state index in [1.165, 1.54) is 92.2 Å². The van der Waals surface area contributed by atoms with Crippen molar-refractivity contribution in [3.63, 3.8) is 0 Å². The van der Waals surface area contributed by atoms with Gasteiger partial charge in [0.05, 0.1) is 7.11 Å². The van der Waals surface area contributed by atoms with Gasteiger partial charge in [-0.25, -0.2) is 0 Å². The highest BCUT2D eigenvalue weighted by Crippen LogP contribution is 2.58. The average Bonchev–Trinajstić information content (AvgIpc) is 2.89. The first-order valence-electron chi connectivity index (χ1n) is 15.4. The first-order valence-corrected chi connectivity index (χ1v) is 16.9. The summed E-state index contributed by atoms with van der Waals surface area (Å²) in [7, 11) is 1.63. The molecule has 0 saturated heterocycles. The molecule has 2 fully saturated rings. The van der Waals surface area contributed by atoms with Gasteiger partial charge in [-0.2, -0.15) is 0 Å². The van der Waals surface area contributed by atoms with Gasteiger partial charge in [-0.15, -0.1) is 0 Å². The van der Waals surface area contributed by atoms with Gasteiger partial charge >= 0.3 is 0 Å². The van der Waals surface area contributed by atoms with Crippen LogP contribution in [0.5, 0.6) is 5.75 Å². The lowest BCUT2D eigenvalue weighted by Crippen LogP contribution is -2.28. The van der Waals surface area contributed by atoms with Crippen LogP contribution in [0.3, 0.4) is 0 Å². The van der Waals surface area contributed by atoms with Crippen LogP contribution in [-0.4, -0.2) is 18.4 Å². The lowest BCUT2D eigenvalue weighted by molar-refractivity contribution is 0.417. The molecule has 0 aromatic heterocycles. The summed E-state index contributed by atoms with van der Waals surface area (Å²) in [4.78, 5) is 0. The molecular weight excluding hydrogens is 467 g/mol. The van der Waals surface area contributed by atoms with Crippen molar-refractivity contribution in [1.82, 2.24) is 0 Å². The van der Waals surface area contributed by atoms with Gasteiger partial charge in [-0.3, -0.25) is 0 Å². The number of methoxy groups -OCH3 is 1. The summed E-state index contributed by atoms with van der Waals surface area (Å²) in [6.07, 6.45) is 14.2. The summed E-state index contributed by atoms with van der Waals surface area (Å²) in [5, 5.41) is 1.62. The van der Waals surface area contributed by atoms with Gasteiger partial charge < -0.3 is 4.74 Å². The number of ether oxygens (including phenoxy) is 1. The van der Waals surface area contributed by atoms with Crippen LogP contribution in [0.1, 0.15) is 146 Å². The van der Waals surface area contributed by atoms with Crippen LogP contribution in [0.4, 0.5) is 0 Å². The summed E-state index contributed by atoms with van der Waals surface area (Å²) >= 11 is 0. The van der Waals surface area contributed by atoms with Crippen molar-refractivity contribution < 1.29 is 4.74 Å². The van der Waals surface area contributed by atoms with Crippen molar-refractivity contribution in [1.29, 1.82) is 0 Å². The van der Waals surface area contributed by atoms with Crippen LogP contribution in [0.2, 0.25) is 0 Å². The Morgan fingerprint density at radius 3 is 1.57 bits per heavy atom. The van der Waals surface area contributed by atoms with Crippen LogP contribution in [0.15, 0.2) is 24.3 Å². The van der Waals surface area contributed by atoms with E-state index in [9.17, 15) is 0 Å². The maximum absolute atomic E-state index is 6.30. The Kier molecular flexibility index (Phi) is 9.83. The van der Waals surface area contributed by atoms with Gasteiger partial charge in [0.2, 0.25) is 0 Å². The molecule has 0 aliphatic heterocycles. The fourth-order valence-electron chi connectivity index (χ4n) is 7.04. The average molecular weight is 521 g/mol. The molecule has 2 aliphatic carbocycles. The highest BCUT2D eigenvalue weighted by molar-refractivity contribution is 7.67. The second-order valence-electron chi connectivity index (χ2n) is 12.8. The number of hydrogen-bond donors (Lipinski definition) is 0. The normalized spacial score (nSPS) is 17.9. The Balaban J connectivity index is 2.05. The monoisotopic (exact) mass is 520 g/mol. The Morgan fingerprint density at radius 1 is 0.676 bits per heavy atom. The second kappa shape index (κ2) is 12.7. The molecular formula is C35H53OP. The molecule has 0 N–H and O–H groups in total. The minimum Gasteiger partial charge on any atom is -0.496 e. The zero-order chi connectivity index (χ0) is 26.7. The van der Waals surface area contributed by atoms with Gasteiger partial charge in [0.15, 0.2) is 0 Å². The van der Waals surface area contributed by atoms with Crippen LogP contribution >= 0.6 is 7.92 Å². The van der Waals surface area contributed by atoms with E-state index in [-0.39, 0.29) is 7.92 Å². The van der Waals surface area contributed by atoms with Crippen LogP contribution < -0.4 is 10.0 Å². The van der Waals surface area contributed by atoms with Crippen LogP contribution in [0, 0.1) is 6.92 Å². The molecule has 0 amide bonds. The summed E-state index contributed by atoms with van der Waals surface area (Å²) in [5.74, 6) is 2.68. The predicted molar refractivity (Wildman–Crippen MR) is 166 cm³/mol. The molecule has 0 unspecified atom stereocenters. The van der Waals surface area contributed by atoms with Gasteiger partial charge in [-0.1, -0.05) is 106 Å². The first kappa shape index (κ1) is 28.7. The van der Waals surface area contributed by atoms with Gasteiger partial charge in [0.25, 0.3) is 0 Å². The molecule has 204 valence electrons. The lowest BCUT2D eigenvalue weighted by atomic mass is 9.80. The van der Waals surface area contributed by atoms with Crippen molar-refractivity contribution >= 4 is 13.2 Å². The summed E-state index contributed by atoms with van der Waals surface area (Å²) in [6, 6.07) is 9.74. The Bertz CT molecular complexity index is 990. The lowest BCUT2D eigenvalue weighted by Gasteiger charge is -2.41. The molecule has 0 radical (unpaired) electrons. The maximum Gasteiger partial charge on any atom is 0.127 e. The molecule has 1 nitrogen and oxygen atoms in total. The van der Waals surface area contributed by atoms with Gasteiger partial charge in [0.1, 0.15) is 5.75 Å². The molecule has 37 heavy (non-hydrogen) atoms. The first-order chi connectivity index (χ1) is 17.7. The summed E-state index contributed by atoms with van der Waals surface area (Å²) in [5.41, 5.74) is 10.8. The molecule has 0 atom stereocenters. The van der Waals surface area contributed by atoms with Crippen LogP contribution in [-0.2, 0) is 0 Å². The molecule has 0 heterocycles. The molecule has 2 aliphatic rings. The SMILES string of the molecule is COc1ccc(C)c(-c2c(C(C)C)cc(C(C)C)cc2C(C)C)c1P(C1CCCCC1)C1CCCCC1. The molecule has 2 aromatic rings. The highest BCUT2D eigenvalue weighted by atomic mass is 31.1. The summed E-state index contributed by atoms with van der Waals surface area (Å²) < 4.78 is 6.30. The molecule has 2 saturated carbocycles. The molecule has 0 bridgehead atoms. The third-order valence-electron chi connectivity index (χ3n) is 9.15. The largest absolute Gasteiger partial charge is 0.496 e. The van der Waals surface area contributed by atoms with E-state index in [0.29, 0.717) is 17.8 Å². The number of rotatable bonds is 8. The Hall–Kier alpha value is -1.33. The van der Waals surface area contributed by atoms with Crippen LogP contribution in [0.25, 0.3) is 11.1 Å². The third kappa shape index (κ3) is 6.13. The van der Waals surface area contributed by atoms with Gasteiger partial charge in [0, 0.05) is 5.30 Å². The fraction of sp³-hybridized carbons (Fsp3) is 0.657. The van der Waals surface area contributed by atoms with Crippen molar-refractivity contribution in [2.45, 2.75) is 142 Å². The molecule has 4 rings (SSSR count). The quantitative estimate of drug-likeness (QED) is 0.315. The van der Waals surface area contributed by atoms with E-state index in [0.717, 1.165) is 11.3 Å². The van der Waals surface area contributed by atoms with E-state index in [4.69, 9.17) is 4.74 Å². The zero-order valence-electron chi connectivity index (χ0n) is 25.1. The molecule has 2 heteroatoms. The van der Waals surface area contributed by atoms with E-state index in [2.05, 4.69) is 72.7 Å². The van der Waals surface area contributed by atoms with Crippen molar-refractivity contribution in [3.05, 3.63) is 46.5 Å². The Labute approximate surface area is 229 Å². The summed E-state index contributed by atoms with van der Waals surface area (Å²) in [6.45, 7) is 16.6. The number of hydrogen-bond acceptors (Lipinski definition) is 1. The molecule has 2 aromatic carbocycles. The zero-order valence-corrected chi connectivity index (χ0v) is 26.0. The van der Waals surface area contributed by atoms with Crippen molar-refractivity contribution in [2.75, 3.05) is 7.11 Å². The van der Waals surface area contributed by atoms with E-state index in [1.54, 1.807) is 16.4 Å². The second-order valence-corrected chi connectivity index (χ2v) is 15.6. The maximum atomic E-state index is 6.30. The van der Waals surface area contributed by atoms with E-state index in [1.807, 2.05) is 7.11 Å². The smallest absolute Gasteiger partial charge is 0.127 e. The van der Waals surface area contributed by atoms with E-state index < -0.39 is 0 Å². The minimum atomic E-state index is -0.288.